The second-order valence-electron chi connectivity index (χ2n) is 14.0. The van der Waals surface area contributed by atoms with Crippen molar-refractivity contribution in [3.8, 4) is 27.9 Å². The predicted octanol–water partition coefficient (Wildman–Crippen LogP) is 11.9. The highest BCUT2D eigenvalue weighted by molar-refractivity contribution is 7.99. The van der Waals surface area contributed by atoms with Crippen molar-refractivity contribution in [1.29, 1.82) is 0 Å². The molecule has 1 spiro atoms. The van der Waals surface area contributed by atoms with Gasteiger partial charge in [-0.25, -0.2) is 0 Å². The van der Waals surface area contributed by atoms with Crippen molar-refractivity contribution in [3.63, 3.8) is 0 Å². The molecule has 11 rings (SSSR count). The molecule has 0 amide bonds. The summed E-state index contributed by atoms with van der Waals surface area (Å²) in [6.07, 6.45) is 0. The summed E-state index contributed by atoms with van der Waals surface area (Å²) in [6, 6.07) is 57.3. The summed E-state index contributed by atoms with van der Waals surface area (Å²) in [6.45, 7) is 4.75. The monoisotopic (exact) mass is 629 g/mol. The van der Waals surface area contributed by atoms with E-state index in [9.17, 15) is 0 Å². The van der Waals surface area contributed by atoms with Gasteiger partial charge in [-0.05, 0) is 73.8 Å². The van der Waals surface area contributed by atoms with E-state index in [1.807, 2.05) is 11.8 Å². The van der Waals surface area contributed by atoms with Crippen molar-refractivity contribution in [3.05, 3.63) is 185 Å². The van der Waals surface area contributed by atoms with Gasteiger partial charge in [0.25, 0.3) is 0 Å². The summed E-state index contributed by atoms with van der Waals surface area (Å²) in [7, 11) is 0. The first kappa shape index (κ1) is 26.7. The molecule has 1 nitrogen and oxygen atoms in total. The Labute approximate surface area is 284 Å². The van der Waals surface area contributed by atoms with Crippen LogP contribution in [-0.2, 0) is 10.8 Å². The van der Waals surface area contributed by atoms with Gasteiger partial charge in [0.1, 0.15) is 0 Å². The van der Waals surface area contributed by atoms with Crippen LogP contribution in [0.2, 0.25) is 0 Å². The van der Waals surface area contributed by atoms with Gasteiger partial charge in [0.05, 0.1) is 22.1 Å². The molecule has 1 atom stereocenters. The average Bonchev–Trinajstić information content (AvgIpc) is 3.60. The van der Waals surface area contributed by atoms with Crippen LogP contribution in [0.25, 0.3) is 49.7 Å². The molecule has 0 bridgehead atoms. The minimum absolute atomic E-state index is 0.0525. The van der Waals surface area contributed by atoms with Gasteiger partial charge < -0.3 is 4.57 Å². The zero-order valence-electron chi connectivity index (χ0n) is 26.8. The maximum absolute atomic E-state index is 2.53. The van der Waals surface area contributed by atoms with Crippen LogP contribution in [0.1, 0.15) is 47.2 Å². The number of hydrogen-bond acceptors (Lipinski definition) is 1. The number of para-hydroxylation sites is 3. The largest absolute Gasteiger partial charge is 0.309 e. The van der Waals surface area contributed by atoms with Crippen LogP contribution in [0.4, 0.5) is 0 Å². The molecule has 226 valence electrons. The van der Waals surface area contributed by atoms with Crippen LogP contribution in [0.5, 0.6) is 0 Å². The Hall–Kier alpha value is -5.31. The third-order valence-corrected chi connectivity index (χ3v) is 12.7. The summed E-state index contributed by atoms with van der Waals surface area (Å²) in [5, 5.41) is 2.61. The second kappa shape index (κ2) is 9.18. The van der Waals surface area contributed by atoms with Gasteiger partial charge in [-0.1, -0.05) is 159 Å². The fourth-order valence-electron chi connectivity index (χ4n) is 9.54. The Kier molecular flexibility index (Phi) is 5.11. The van der Waals surface area contributed by atoms with Crippen LogP contribution in [-0.4, -0.2) is 4.57 Å². The van der Waals surface area contributed by atoms with E-state index < -0.39 is 5.41 Å². The van der Waals surface area contributed by atoms with E-state index in [0.717, 1.165) is 0 Å². The lowest BCUT2D eigenvalue weighted by atomic mass is 9.62. The summed E-state index contributed by atoms with van der Waals surface area (Å²) in [4.78, 5) is 2.67. The Morgan fingerprint density at radius 3 is 1.96 bits per heavy atom. The molecule has 7 aromatic carbocycles. The SMILES string of the molecule is CC1(C)c2ccccc2-c2c(-c3cccc4c3Sc3ccccc3C43c4ccccc4-n4c5ccccc5c5cccc3c54)cccc21. The lowest BCUT2D eigenvalue weighted by molar-refractivity contribution is 0.660. The average molecular weight is 630 g/mol. The highest BCUT2D eigenvalue weighted by Gasteiger charge is 2.50. The topological polar surface area (TPSA) is 4.93 Å². The van der Waals surface area contributed by atoms with E-state index in [1.165, 1.54) is 92.9 Å². The second-order valence-corrected chi connectivity index (χ2v) is 15.1. The molecule has 48 heavy (non-hydrogen) atoms. The third kappa shape index (κ3) is 3.06. The Morgan fingerprint density at radius 1 is 0.458 bits per heavy atom. The first-order valence-electron chi connectivity index (χ1n) is 16.9. The molecule has 1 unspecified atom stereocenters. The zero-order chi connectivity index (χ0) is 31.8. The van der Waals surface area contributed by atoms with Crippen molar-refractivity contribution in [2.45, 2.75) is 34.5 Å². The zero-order valence-corrected chi connectivity index (χ0v) is 27.6. The standard InChI is InChI=1S/C46H31NS/c1-45(2)33-19-5-3-15-32(33)42-29(16-11-22-36(42)45)31-18-13-24-38-44(31)48-41-27-10-7-21-35(41)46(38)34-20-6-9-26-40(34)47-39-25-8-4-14-28(39)30-17-12-23-37(46)43(30)47/h3-27H,1-2H3. The van der Waals surface area contributed by atoms with Crippen LogP contribution in [0, 0.1) is 0 Å². The number of rotatable bonds is 1. The summed E-state index contributed by atoms with van der Waals surface area (Å²) >= 11 is 1.94. The first-order valence-corrected chi connectivity index (χ1v) is 17.7. The molecule has 0 saturated heterocycles. The highest BCUT2D eigenvalue weighted by Crippen LogP contribution is 2.62. The maximum atomic E-state index is 2.53. The molecule has 2 aliphatic heterocycles. The van der Waals surface area contributed by atoms with E-state index in [1.54, 1.807) is 0 Å². The Balaban J connectivity index is 1.30. The predicted molar refractivity (Wildman–Crippen MR) is 200 cm³/mol. The van der Waals surface area contributed by atoms with Crippen LogP contribution >= 0.6 is 11.8 Å². The van der Waals surface area contributed by atoms with Crippen molar-refractivity contribution in [1.82, 2.24) is 4.57 Å². The smallest absolute Gasteiger partial charge is 0.0764 e. The molecule has 0 N–H and O–H groups in total. The molecule has 8 aromatic rings. The number of hydrogen-bond donors (Lipinski definition) is 0. The number of nitrogens with zero attached hydrogens (tertiary/aromatic N) is 1. The van der Waals surface area contributed by atoms with Gasteiger partial charge in [-0.3, -0.25) is 0 Å². The minimum atomic E-state index is -0.483. The van der Waals surface area contributed by atoms with Crippen LogP contribution in [0.3, 0.4) is 0 Å². The fraction of sp³-hybridized carbons (Fsp3) is 0.0870. The Bertz CT molecular complexity index is 2690. The normalized spacial score (nSPS) is 17.5. The van der Waals surface area contributed by atoms with Crippen molar-refractivity contribution in [2.75, 3.05) is 0 Å². The van der Waals surface area contributed by atoms with E-state index in [4.69, 9.17) is 0 Å². The lowest BCUT2D eigenvalue weighted by Gasteiger charge is -2.45. The van der Waals surface area contributed by atoms with E-state index >= 15 is 0 Å². The summed E-state index contributed by atoms with van der Waals surface area (Å²) in [5.74, 6) is 0. The van der Waals surface area contributed by atoms with Gasteiger partial charge in [0.2, 0.25) is 0 Å². The van der Waals surface area contributed by atoms with E-state index in [0.29, 0.717) is 0 Å². The van der Waals surface area contributed by atoms with Gasteiger partial charge in [0.15, 0.2) is 0 Å². The molecular formula is C46H31NS. The molecule has 1 aromatic heterocycles. The van der Waals surface area contributed by atoms with Crippen molar-refractivity contribution >= 4 is 33.6 Å². The van der Waals surface area contributed by atoms with E-state index in [2.05, 4.69) is 170 Å². The quantitative estimate of drug-likeness (QED) is 0.175. The molecular weight excluding hydrogens is 599 g/mol. The molecule has 3 heterocycles. The van der Waals surface area contributed by atoms with Crippen LogP contribution in [0.15, 0.2) is 161 Å². The highest BCUT2D eigenvalue weighted by atomic mass is 32.2. The molecule has 3 aliphatic rings. The van der Waals surface area contributed by atoms with Gasteiger partial charge >= 0.3 is 0 Å². The first-order chi connectivity index (χ1) is 23.6. The van der Waals surface area contributed by atoms with Crippen molar-refractivity contribution in [2.24, 2.45) is 0 Å². The Morgan fingerprint density at radius 2 is 1.06 bits per heavy atom. The fourth-order valence-corrected chi connectivity index (χ4v) is 10.9. The van der Waals surface area contributed by atoms with E-state index in [-0.39, 0.29) is 5.41 Å². The third-order valence-electron chi connectivity index (χ3n) is 11.5. The number of benzene rings is 7. The van der Waals surface area contributed by atoms with Gasteiger partial charge in [0, 0.05) is 26.0 Å². The summed E-state index contributed by atoms with van der Waals surface area (Å²) < 4.78 is 2.53. The van der Waals surface area contributed by atoms with Gasteiger partial charge in [-0.15, -0.1) is 0 Å². The van der Waals surface area contributed by atoms with Crippen molar-refractivity contribution < 1.29 is 0 Å². The number of aromatic nitrogens is 1. The maximum Gasteiger partial charge on any atom is 0.0764 e. The molecule has 0 saturated carbocycles. The van der Waals surface area contributed by atoms with Crippen LogP contribution < -0.4 is 0 Å². The molecule has 1 aliphatic carbocycles. The minimum Gasteiger partial charge on any atom is -0.309 e. The van der Waals surface area contributed by atoms with Gasteiger partial charge in [-0.2, -0.15) is 0 Å². The summed E-state index contributed by atoms with van der Waals surface area (Å²) in [5.41, 5.74) is 16.9. The molecule has 2 heteroatoms. The number of fused-ring (bicyclic) bond motifs is 14. The molecule has 0 radical (unpaired) electrons. The lowest BCUT2D eigenvalue weighted by Crippen LogP contribution is -2.37. The molecule has 0 fully saturated rings.